The molecule has 2 aromatic rings. The summed E-state index contributed by atoms with van der Waals surface area (Å²) >= 11 is 1.27. The van der Waals surface area contributed by atoms with Crippen LogP contribution in [0.5, 0.6) is 0 Å². The second-order valence-corrected chi connectivity index (χ2v) is 7.53. The fourth-order valence-corrected chi connectivity index (χ4v) is 4.05. The van der Waals surface area contributed by atoms with Crippen molar-refractivity contribution in [2.75, 3.05) is 20.6 Å². The minimum Gasteiger partial charge on any atom is -0.339 e. The molecular formula is C19H22N2O2S. The van der Waals surface area contributed by atoms with Crippen LogP contribution in [0.2, 0.25) is 0 Å². The molecule has 0 bridgehead atoms. The number of carbonyl (C=O) groups excluding carboxylic acids is 2. The van der Waals surface area contributed by atoms with E-state index in [2.05, 4.69) is 36.2 Å². The van der Waals surface area contributed by atoms with E-state index in [1.165, 1.54) is 29.4 Å². The van der Waals surface area contributed by atoms with Crippen LogP contribution in [0, 0.1) is 0 Å². The highest BCUT2D eigenvalue weighted by atomic mass is 32.1. The van der Waals surface area contributed by atoms with Gasteiger partial charge < -0.3 is 4.90 Å². The summed E-state index contributed by atoms with van der Waals surface area (Å²) in [7, 11) is 3.95. The van der Waals surface area contributed by atoms with Crippen molar-refractivity contribution in [1.82, 2.24) is 9.80 Å². The van der Waals surface area contributed by atoms with Gasteiger partial charge in [-0.25, -0.2) is 0 Å². The van der Waals surface area contributed by atoms with Gasteiger partial charge in [-0.3, -0.25) is 14.5 Å². The van der Waals surface area contributed by atoms with E-state index in [9.17, 15) is 9.59 Å². The standard InChI is InChI=1S/C19H22N2O2S/c1-13(22)17-8-9-18(24-17)19(23)21(3)12-16-10-14-6-4-5-7-15(14)11-20(16)2/h4-9,16H,10-12H2,1-3H3/t16-/m0/s1. The van der Waals surface area contributed by atoms with Crippen molar-refractivity contribution >= 4 is 23.0 Å². The van der Waals surface area contributed by atoms with E-state index in [-0.39, 0.29) is 11.7 Å². The summed E-state index contributed by atoms with van der Waals surface area (Å²) in [5.74, 6) is -0.00918. The summed E-state index contributed by atoms with van der Waals surface area (Å²) in [6.07, 6.45) is 0.952. The Hall–Kier alpha value is -1.98. The molecule has 1 atom stereocenters. The van der Waals surface area contributed by atoms with E-state index < -0.39 is 0 Å². The van der Waals surface area contributed by atoms with Crippen molar-refractivity contribution in [3.63, 3.8) is 0 Å². The van der Waals surface area contributed by atoms with Gasteiger partial charge in [0, 0.05) is 26.2 Å². The lowest BCUT2D eigenvalue weighted by Crippen LogP contribution is -2.46. The molecule has 24 heavy (non-hydrogen) atoms. The van der Waals surface area contributed by atoms with Crippen LogP contribution in [-0.2, 0) is 13.0 Å². The third kappa shape index (κ3) is 3.42. The van der Waals surface area contributed by atoms with Gasteiger partial charge in [0.1, 0.15) is 0 Å². The SMILES string of the molecule is CC(=O)c1ccc(C(=O)N(C)C[C@@H]2Cc3ccccc3CN2C)s1. The smallest absolute Gasteiger partial charge is 0.263 e. The molecule has 2 heterocycles. The average molecular weight is 342 g/mol. The van der Waals surface area contributed by atoms with Gasteiger partial charge in [-0.2, -0.15) is 0 Å². The number of carbonyl (C=O) groups is 2. The number of amides is 1. The maximum absolute atomic E-state index is 12.6. The van der Waals surface area contributed by atoms with E-state index in [4.69, 9.17) is 0 Å². The largest absolute Gasteiger partial charge is 0.339 e. The molecule has 0 saturated heterocycles. The number of ketones is 1. The molecule has 0 unspecified atom stereocenters. The highest BCUT2D eigenvalue weighted by molar-refractivity contribution is 7.15. The van der Waals surface area contributed by atoms with Crippen molar-refractivity contribution < 1.29 is 9.59 Å². The molecule has 5 heteroatoms. The Labute approximate surface area is 146 Å². The molecule has 3 rings (SSSR count). The second-order valence-electron chi connectivity index (χ2n) is 6.45. The maximum Gasteiger partial charge on any atom is 0.263 e. The van der Waals surface area contributed by atoms with Crippen molar-refractivity contribution in [1.29, 1.82) is 0 Å². The van der Waals surface area contributed by atoms with Crippen LogP contribution in [0.15, 0.2) is 36.4 Å². The summed E-state index contributed by atoms with van der Waals surface area (Å²) in [4.78, 5) is 29.4. The monoisotopic (exact) mass is 342 g/mol. The number of thiophene rings is 1. The van der Waals surface area contributed by atoms with Gasteiger partial charge in [0.25, 0.3) is 5.91 Å². The van der Waals surface area contributed by atoms with Crippen LogP contribution >= 0.6 is 11.3 Å². The number of benzene rings is 1. The average Bonchev–Trinajstić information content (AvgIpc) is 3.05. The molecule has 1 aromatic carbocycles. The van der Waals surface area contributed by atoms with Crippen molar-refractivity contribution in [2.45, 2.75) is 25.9 Å². The van der Waals surface area contributed by atoms with E-state index in [0.29, 0.717) is 22.3 Å². The van der Waals surface area contributed by atoms with Gasteiger partial charge in [0.05, 0.1) is 9.75 Å². The molecule has 4 nitrogen and oxygen atoms in total. The van der Waals surface area contributed by atoms with Crippen molar-refractivity contribution in [3.05, 3.63) is 57.3 Å². The Bertz CT molecular complexity index is 768. The third-order valence-corrected chi connectivity index (χ3v) is 5.79. The third-order valence-electron chi connectivity index (χ3n) is 4.61. The zero-order chi connectivity index (χ0) is 17.3. The highest BCUT2D eigenvalue weighted by Gasteiger charge is 2.26. The second kappa shape index (κ2) is 6.87. The summed E-state index contributed by atoms with van der Waals surface area (Å²) in [6.45, 7) is 3.12. The van der Waals surface area contributed by atoms with Gasteiger partial charge in [-0.1, -0.05) is 24.3 Å². The van der Waals surface area contributed by atoms with Gasteiger partial charge in [-0.05, 0) is 43.7 Å². The van der Waals surface area contributed by atoms with Gasteiger partial charge in [-0.15, -0.1) is 11.3 Å². The lowest BCUT2D eigenvalue weighted by Gasteiger charge is -2.36. The number of hydrogen-bond acceptors (Lipinski definition) is 4. The predicted octanol–water partition coefficient (Wildman–Crippen LogP) is 3.08. The first-order valence-corrected chi connectivity index (χ1v) is 8.90. The Morgan fingerprint density at radius 1 is 1.17 bits per heavy atom. The van der Waals surface area contributed by atoms with Crippen LogP contribution in [0.1, 0.15) is 37.4 Å². The predicted molar refractivity (Wildman–Crippen MR) is 96.7 cm³/mol. The minimum atomic E-state index is -0.0141. The van der Waals surface area contributed by atoms with E-state index >= 15 is 0 Å². The maximum atomic E-state index is 12.6. The Morgan fingerprint density at radius 2 is 1.83 bits per heavy atom. The molecule has 0 fully saturated rings. The molecule has 0 aliphatic carbocycles. The number of rotatable bonds is 4. The van der Waals surface area contributed by atoms with Crippen LogP contribution in [0.25, 0.3) is 0 Å². The molecule has 0 radical (unpaired) electrons. The molecule has 1 aliphatic rings. The van der Waals surface area contributed by atoms with E-state index in [1.54, 1.807) is 17.0 Å². The lowest BCUT2D eigenvalue weighted by molar-refractivity contribution is 0.0738. The zero-order valence-corrected chi connectivity index (χ0v) is 15.1. The van der Waals surface area contributed by atoms with Crippen molar-refractivity contribution in [2.24, 2.45) is 0 Å². The lowest BCUT2D eigenvalue weighted by atomic mass is 9.94. The van der Waals surface area contributed by atoms with Crippen LogP contribution in [-0.4, -0.2) is 48.2 Å². The number of Topliss-reactive ketones (excluding diaryl/α,β-unsaturated/α-hetero) is 1. The molecule has 0 saturated carbocycles. The Morgan fingerprint density at radius 3 is 2.50 bits per heavy atom. The molecule has 1 amide bonds. The first-order chi connectivity index (χ1) is 11.5. The fourth-order valence-electron chi connectivity index (χ4n) is 3.15. The zero-order valence-electron chi connectivity index (χ0n) is 14.3. The molecule has 1 aliphatic heterocycles. The summed E-state index contributed by atoms with van der Waals surface area (Å²) in [5, 5.41) is 0. The molecule has 0 spiro atoms. The molecule has 1 aromatic heterocycles. The highest BCUT2D eigenvalue weighted by Crippen LogP contribution is 2.23. The minimum absolute atomic E-state index is 0.00493. The normalized spacial score (nSPS) is 17.4. The molecule has 0 N–H and O–H groups in total. The Balaban J connectivity index is 1.69. The fraction of sp³-hybridized carbons (Fsp3) is 0.368. The van der Waals surface area contributed by atoms with Gasteiger partial charge >= 0.3 is 0 Å². The topological polar surface area (TPSA) is 40.6 Å². The van der Waals surface area contributed by atoms with E-state index in [1.807, 2.05) is 7.05 Å². The summed E-state index contributed by atoms with van der Waals surface area (Å²) in [5.41, 5.74) is 2.74. The van der Waals surface area contributed by atoms with Crippen LogP contribution in [0.3, 0.4) is 0 Å². The number of hydrogen-bond donors (Lipinski definition) is 0. The number of nitrogens with zero attached hydrogens (tertiary/aromatic N) is 2. The van der Waals surface area contributed by atoms with Gasteiger partial charge in [0.2, 0.25) is 0 Å². The number of fused-ring (bicyclic) bond motifs is 1. The summed E-state index contributed by atoms with van der Waals surface area (Å²) < 4.78 is 0. The first kappa shape index (κ1) is 16.9. The Kier molecular flexibility index (Phi) is 4.83. The first-order valence-electron chi connectivity index (χ1n) is 8.09. The van der Waals surface area contributed by atoms with Crippen LogP contribution < -0.4 is 0 Å². The molecule has 126 valence electrons. The van der Waals surface area contributed by atoms with Crippen LogP contribution in [0.4, 0.5) is 0 Å². The summed E-state index contributed by atoms with van der Waals surface area (Å²) in [6, 6.07) is 12.3. The number of likely N-dealkylation sites (N-methyl/N-ethyl adjacent to an activating group) is 2. The van der Waals surface area contributed by atoms with Gasteiger partial charge in [0.15, 0.2) is 5.78 Å². The van der Waals surface area contributed by atoms with E-state index in [0.717, 1.165) is 13.0 Å². The molecular weight excluding hydrogens is 320 g/mol. The quantitative estimate of drug-likeness (QED) is 0.802. The van der Waals surface area contributed by atoms with Crippen molar-refractivity contribution in [3.8, 4) is 0 Å².